The zero-order valence-corrected chi connectivity index (χ0v) is 20.3. The fourth-order valence-electron chi connectivity index (χ4n) is 2.93. The van der Waals surface area contributed by atoms with Gasteiger partial charge in [0.1, 0.15) is 5.75 Å². The van der Waals surface area contributed by atoms with Gasteiger partial charge in [0, 0.05) is 5.02 Å². The Hall–Kier alpha value is -2.55. The summed E-state index contributed by atoms with van der Waals surface area (Å²) in [5.74, 6) is -0.744. The van der Waals surface area contributed by atoms with Crippen molar-refractivity contribution in [3.63, 3.8) is 0 Å². The number of carbonyl (C=O) groups excluding carboxylic acids is 1. The molecule has 3 rings (SSSR count). The summed E-state index contributed by atoms with van der Waals surface area (Å²) in [5, 5.41) is 5.00. The zero-order chi connectivity index (χ0) is 23.7. The maximum absolute atomic E-state index is 13.3. The third-order valence-corrected chi connectivity index (χ3v) is 6.80. The maximum Gasteiger partial charge on any atom is 0.350 e. The number of halogens is 2. The average molecular weight is 497 g/mol. The highest BCUT2D eigenvalue weighted by Gasteiger charge is 2.34. The molecule has 7 nitrogen and oxygen atoms in total. The van der Waals surface area contributed by atoms with Gasteiger partial charge in [-0.15, -0.1) is 0 Å². The Morgan fingerprint density at radius 2 is 1.75 bits per heavy atom. The average Bonchev–Trinajstić information content (AvgIpc) is 3.05. The number of carbonyl (C=O) groups is 1. The molecule has 1 heterocycles. The first-order chi connectivity index (χ1) is 14.9. The van der Waals surface area contributed by atoms with E-state index in [9.17, 15) is 13.2 Å². The number of sulfone groups is 1. The molecule has 0 atom stereocenters. The molecule has 0 fully saturated rings. The zero-order valence-electron chi connectivity index (χ0n) is 17.9. The first kappa shape index (κ1) is 24.1. The number of aromatic nitrogens is 2. The lowest BCUT2D eigenvalue weighted by Gasteiger charge is -2.22. The van der Waals surface area contributed by atoms with Crippen LogP contribution in [0.15, 0.2) is 58.3 Å². The van der Waals surface area contributed by atoms with E-state index in [-0.39, 0.29) is 32.1 Å². The summed E-state index contributed by atoms with van der Waals surface area (Å²) < 4.78 is 39.0. The molecule has 10 heteroatoms. The summed E-state index contributed by atoms with van der Waals surface area (Å²) >= 11 is 11.9. The van der Waals surface area contributed by atoms with E-state index in [0.717, 1.165) is 0 Å². The fraction of sp³-hybridized carbons (Fsp3) is 0.273. The minimum atomic E-state index is -4.00. The lowest BCUT2D eigenvalue weighted by Crippen LogP contribution is -2.27. The largest absolute Gasteiger partial charge is 0.480 e. The Balaban J connectivity index is 1.96. The first-order valence-electron chi connectivity index (χ1n) is 9.60. The highest BCUT2D eigenvalue weighted by atomic mass is 35.5. The Bertz CT molecular complexity index is 1250. The SMILES string of the molecule is Cc1nn(C(C)(C)C)c(OC(=O)COc2ccc(Cl)cc2Cl)c1S(=O)(=O)c1ccccc1. The third-order valence-electron chi connectivity index (χ3n) is 4.37. The van der Waals surface area contributed by atoms with Crippen LogP contribution in [0.1, 0.15) is 26.5 Å². The molecule has 0 saturated heterocycles. The van der Waals surface area contributed by atoms with Crippen LogP contribution in [0.4, 0.5) is 0 Å². The number of rotatable bonds is 6. The molecule has 0 radical (unpaired) electrons. The van der Waals surface area contributed by atoms with E-state index in [1.807, 2.05) is 20.8 Å². The molecule has 0 saturated carbocycles. The van der Waals surface area contributed by atoms with Crippen molar-refractivity contribution in [3.05, 3.63) is 64.3 Å². The highest BCUT2D eigenvalue weighted by Crippen LogP contribution is 2.36. The normalized spacial score (nSPS) is 11.9. The number of benzene rings is 2. The van der Waals surface area contributed by atoms with Gasteiger partial charge in [0.2, 0.25) is 15.7 Å². The van der Waals surface area contributed by atoms with Crippen molar-refractivity contribution < 1.29 is 22.7 Å². The number of ether oxygens (including phenoxy) is 2. The van der Waals surface area contributed by atoms with Crippen molar-refractivity contribution in [1.29, 1.82) is 0 Å². The number of nitrogens with zero attached hydrogens (tertiary/aromatic N) is 2. The lowest BCUT2D eigenvalue weighted by molar-refractivity contribution is -0.137. The summed E-state index contributed by atoms with van der Waals surface area (Å²) in [7, 11) is -4.00. The van der Waals surface area contributed by atoms with E-state index in [4.69, 9.17) is 32.7 Å². The van der Waals surface area contributed by atoms with Gasteiger partial charge in [-0.05, 0) is 58.0 Å². The van der Waals surface area contributed by atoms with Crippen LogP contribution in [0.2, 0.25) is 10.0 Å². The lowest BCUT2D eigenvalue weighted by atomic mass is 10.1. The summed E-state index contributed by atoms with van der Waals surface area (Å²) in [6.45, 7) is 6.51. The van der Waals surface area contributed by atoms with Crippen LogP contribution in [0.25, 0.3) is 0 Å². The van der Waals surface area contributed by atoms with E-state index >= 15 is 0 Å². The molecule has 0 bridgehead atoms. The van der Waals surface area contributed by atoms with Crippen molar-refractivity contribution in [2.24, 2.45) is 0 Å². The minimum absolute atomic E-state index is 0.0676. The second-order valence-corrected chi connectivity index (χ2v) is 10.7. The van der Waals surface area contributed by atoms with Gasteiger partial charge >= 0.3 is 5.97 Å². The van der Waals surface area contributed by atoms with Crippen LogP contribution in [-0.4, -0.2) is 30.8 Å². The maximum atomic E-state index is 13.3. The quantitative estimate of drug-likeness (QED) is 0.442. The van der Waals surface area contributed by atoms with Gasteiger partial charge in [-0.3, -0.25) is 0 Å². The van der Waals surface area contributed by atoms with E-state index in [1.54, 1.807) is 31.2 Å². The molecule has 0 aliphatic heterocycles. The number of hydrogen-bond acceptors (Lipinski definition) is 6. The molecule has 0 unspecified atom stereocenters. The van der Waals surface area contributed by atoms with Crippen LogP contribution in [-0.2, 0) is 20.2 Å². The molecule has 0 amide bonds. The van der Waals surface area contributed by atoms with E-state index in [0.29, 0.717) is 5.02 Å². The Morgan fingerprint density at radius 3 is 2.34 bits per heavy atom. The summed E-state index contributed by atoms with van der Waals surface area (Å²) in [5.41, 5.74) is -0.446. The first-order valence-corrected chi connectivity index (χ1v) is 11.8. The molecular formula is C22H22Cl2N2O5S. The van der Waals surface area contributed by atoms with Crippen LogP contribution < -0.4 is 9.47 Å². The standard InChI is InChI=1S/C22H22Cl2N2O5S/c1-14-20(32(28,29)16-8-6-5-7-9-16)21(26(25-14)22(2,3)4)31-19(27)13-30-18-11-10-15(23)12-17(18)24/h5-12H,13H2,1-4H3. The van der Waals surface area contributed by atoms with Crippen molar-refractivity contribution >= 4 is 39.0 Å². The van der Waals surface area contributed by atoms with Gasteiger partial charge in [0.15, 0.2) is 11.5 Å². The van der Waals surface area contributed by atoms with E-state index in [1.165, 1.54) is 28.9 Å². The van der Waals surface area contributed by atoms with Crippen LogP contribution in [0.3, 0.4) is 0 Å². The molecule has 0 aliphatic carbocycles. The molecule has 2 aromatic carbocycles. The Kier molecular flexibility index (Phi) is 6.88. The fourth-order valence-corrected chi connectivity index (χ4v) is 4.93. The molecule has 0 aliphatic rings. The van der Waals surface area contributed by atoms with Crippen LogP contribution in [0.5, 0.6) is 11.6 Å². The second-order valence-electron chi connectivity index (χ2n) is 7.96. The van der Waals surface area contributed by atoms with Crippen molar-refractivity contribution in [3.8, 4) is 11.6 Å². The third kappa shape index (κ3) is 5.09. The number of esters is 1. The Morgan fingerprint density at radius 1 is 1.09 bits per heavy atom. The number of aryl methyl sites for hydroxylation is 1. The molecule has 1 aromatic heterocycles. The molecule has 3 aromatic rings. The predicted octanol–water partition coefficient (Wildman–Crippen LogP) is 5.07. The monoisotopic (exact) mass is 496 g/mol. The molecule has 0 spiro atoms. The van der Waals surface area contributed by atoms with Gasteiger partial charge < -0.3 is 9.47 Å². The second kappa shape index (κ2) is 9.13. The van der Waals surface area contributed by atoms with Gasteiger partial charge in [-0.25, -0.2) is 17.9 Å². The molecule has 32 heavy (non-hydrogen) atoms. The summed E-state index contributed by atoms with van der Waals surface area (Å²) in [6.07, 6.45) is 0. The van der Waals surface area contributed by atoms with E-state index < -0.39 is 28.0 Å². The molecule has 170 valence electrons. The van der Waals surface area contributed by atoms with Gasteiger partial charge in [0.25, 0.3) is 0 Å². The van der Waals surface area contributed by atoms with Gasteiger partial charge in [0.05, 0.1) is 21.2 Å². The summed E-state index contributed by atoms with van der Waals surface area (Å²) in [6, 6.07) is 12.5. The van der Waals surface area contributed by atoms with Gasteiger partial charge in [-0.1, -0.05) is 41.4 Å². The number of hydrogen-bond donors (Lipinski definition) is 0. The smallest absolute Gasteiger partial charge is 0.350 e. The Labute approximate surface area is 196 Å². The topological polar surface area (TPSA) is 87.5 Å². The van der Waals surface area contributed by atoms with Crippen LogP contribution in [0, 0.1) is 6.92 Å². The highest BCUT2D eigenvalue weighted by molar-refractivity contribution is 7.91. The molecule has 0 N–H and O–H groups in total. The summed E-state index contributed by atoms with van der Waals surface area (Å²) in [4.78, 5) is 12.5. The predicted molar refractivity (Wildman–Crippen MR) is 121 cm³/mol. The molecular weight excluding hydrogens is 475 g/mol. The minimum Gasteiger partial charge on any atom is -0.480 e. The van der Waals surface area contributed by atoms with Gasteiger partial charge in [-0.2, -0.15) is 5.10 Å². The van der Waals surface area contributed by atoms with E-state index in [2.05, 4.69) is 5.10 Å². The van der Waals surface area contributed by atoms with Crippen molar-refractivity contribution in [2.45, 2.75) is 43.0 Å². The van der Waals surface area contributed by atoms with Crippen LogP contribution >= 0.6 is 23.2 Å². The van der Waals surface area contributed by atoms with Crippen molar-refractivity contribution in [2.75, 3.05) is 6.61 Å². The van der Waals surface area contributed by atoms with Crippen molar-refractivity contribution in [1.82, 2.24) is 9.78 Å².